The molecule has 6 atom stereocenters. The van der Waals surface area contributed by atoms with Crippen LogP contribution in [0.15, 0.2) is 11.6 Å². The van der Waals surface area contributed by atoms with Crippen LogP contribution >= 0.6 is 0 Å². The second kappa shape index (κ2) is 12.3. The Bertz CT molecular complexity index is 844. The quantitative estimate of drug-likeness (QED) is 0.261. The summed E-state index contributed by atoms with van der Waals surface area (Å²) >= 11 is 0. The number of aliphatic hydroxyl groups is 1. The van der Waals surface area contributed by atoms with E-state index in [9.17, 15) is 14.7 Å². The van der Waals surface area contributed by atoms with Gasteiger partial charge in [0.1, 0.15) is 18.8 Å². The fourth-order valence-corrected chi connectivity index (χ4v) is 4.36. The fourth-order valence-electron chi connectivity index (χ4n) is 4.36. The first-order chi connectivity index (χ1) is 15.5. The average molecular weight is 459 g/mol. The molecule has 2 aliphatic rings. The second-order valence-electron chi connectivity index (χ2n) is 10.2. The molecule has 182 valence electrons. The number of carbonyl (C=O) groups is 2. The molecular weight excluding hydrogens is 420 g/mol. The molecule has 0 radical (unpaired) electrons. The zero-order chi connectivity index (χ0) is 24.6. The number of rotatable bonds is 7. The van der Waals surface area contributed by atoms with Gasteiger partial charge in [-0.2, -0.15) is 0 Å². The van der Waals surface area contributed by atoms with Gasteiger partial charge in [0, 0.05) is 18.8 Å². The van der Waals surface area contributed by atoms with Crippen LogP contribution in [0.25, 0.3) is 0 Å². The Balaban J connectivity index is 2.12. The molecule has 0 heterocycles. The molecule has 6 nitrogen and oxygen atoms in total. The van der Waals surface area contributed by atoms with E-state index in [1.165, 1.54) is 5.57 Å². The molecule has 33 heavy (non-hydrogen) atoms. The summed E-state index contributed by atoms with van der Waals surface area (Å²) in [5.41, 5.74) is 0.639. The molecule has 2 N–H and O–H groups in total. The van der Waals surface area contributed by atoms with Crippen LogP contribution in [0.1, 0.15) is 66.7 Å². The second-order valence-corrected chi connectivity index (χ2v) is 10.2. The summed E-state index contributed by atoms with van der Waals surface area (Å²) < 4.78 is 11.0. The molecule has 0 aromatic carbocycles. The van der Waals surface area contributed by atoms with Crippen LogP contribution in [-0.4, -0.2) is 47.6 Å². The topological polar surface area (TPSA) is 93.1 Å². The molecule has 0 unspecified atom stereocenters. The summed E-state index contributed by atoms with van der Waals surface area (Å²) in [4.78, 5) is 23.2. The molecule has 0 saturated heterocycles. The Morgan fingerprint density at radius 3 is 2.61 bits per heavy atom. The average Bonchev–Trinajstić information content (AvgIpc) is 3.25. The third-order valence-corrected chi connectivity index (χ3v) is 6.27. The zero-order valence-corrected chi connectivity index (χ0v) is 20.5. The highest BCUT2D eigenvalue weighted by Gasteiger charge is 2.48. The number of carboxylic acid groups (broad SMARTS) is 1. The van der Waals surface area contributed by atoms with Crippen molar-refractivity contribution < 1.29 is 29.3 Å². The van der Waals surface area contributed by atoms with Crippen molar-refractivity contribution in [3.05, 3.63) is 11.6 Å². The van der Waals surface area contributed by atoms with E-state index in [0.717, 1.165) is 25.7 Å². The predicted octanol–water partition coefficient (Wildman–Crippen LogP) is 3.82. The summed E-state index contributed by atoms with van der Waals surface area (Å²) in [6.45, 7) is 9.41. The van der Waals surface area contributed by atoms with E-state index < -0.39 is 17.5 Å². The number of carbonyl (C=O) groups excluding carboxylic acids is 1. The summed E-state index contributed by atoms with van der Waals surface area (Å²) in [5.74, 6) is 11.5. The number of fused-ring (bicyclic) bond motifs is 1. The van der Waals surface area contributed by atoms with Gasteiger partial charge in [-0.05, 0) is 51.9 Å². The van der Waals surface area contributed by atoms with E-state index in [0.29, 0.717) is 12.3 Å². The van der Waals surface area contributed by atoms with Crippen LogP contribution < -0.4 is 0 Å². The van der Waals surface area contributed by atoms with Gasteiger partial charge in [0.15, 0.2) is 0 Å². The first-order valence-electron chi connectivity index (χ1n) is 11.9. The van der Waals surface area contributed by atoms with Gasteiger partial charge in [-0.15, -0.1) is 11.8 Å². The third-order valence-electron chi connectivity index (χ3n) is 6.27. The van der Waals surface area contributed by atoms with Crippen molar-refractivity contribution in [1.82, 2.24) is 0 Å². The van der Waals surface area contributed by atoms with Gasteiger partial charge >= 0.3 is 11.9 Å². The van der Waals surface area contributed by atoms with Crippen LogP contribution in [-0.2, 0) is 19.1 Å². The van der Waals surface area contributed by atoms with E-state index in [1.807, 2.05) is 40.7 Å². The number of aliphatic carboxylic acids is 1. The van der Waals surface area contributed by atoms with Gasteiger partial charge in [-0.3, -0.25) is 4.79 Å². The van der Waals surface area contributed by atoms with Crippen LogP contribution in [0.4, 0.5) is 0 Å². The molecular formula is C27H38O6. The molecule has 0 amide bonds. The van der Waals surface area contributed by atoms with Gasteiger partial charge in [-0.25, -0.2) is 4.79 Å². The fraction of sp³-hybridized carbons (Fsp3) is 0.704. The monoisotopic (exact) mass is 458 g/mol. The highest BCUT2D eigenvalue weighted by atomic mass is 16.5. The lowest BCUT2D eigenvalue weighted by Crippen LogP contribution is -2.31. The normalized spacial score (nSPS) is 27.0. The maximum absolute atomic E-state index is 12.6. The number of hydrogen-bond acceptors (Lipinski definition) is 5. The molecule has 2 fully saturated rings. The van der Waals surface area contributed by atoms with Crippen LogP contribution in [0.2, 0.25) is 0 Å². The minimum absolute atomic E-state index is 0.0604. The van der Waals surface area contributed by atoms with Crippen molar-refractivity contribution in [3.8, 4) is 23.7 Å². The Labute approximate surface area is 198 Å². The molecule has 6 heteroatoms. The molecule has 0 spiro atoms. The Kier molecular flexibility index (Phi) is 10.0. The van der Waals surface area contributed by atoms with Crippen molar-refractivity contribution in [3.63, 3.8) is 0 Å². The number of aliphatic hydroxyl groups excluding tert-OH is 1. The smallest absolute Gasteiger partial charge is 0.329 e. The van der Waals surface area contributed by atoms with Crippen LogP contribution in [0.3, 0.4) is 0 Å². The van der Waals surface area contributed by atoms with Crippen LogP contribution in [0.5, 0.6) is 0 Å². The SMILES string of the molecule is CCC#CC[C@H](C)[C@H](O)C#C[C@@H]1[C@H]2C/C(=C/COCC(=O)O)C[C@H]2C[C@H]1OC(=O)C(C)(C)C. The highest BCUT2D eigenvalue weighted by molar-refractivity contribution is 5.75. The number of carboxylic acids is 1. The van der Waals surface area contributed by atoms with Gasteiger partial charge in [-0.1, -0.05) is 37.3 Å². The Morgan fingerprint density at radius 1 is 1.24 bits per heavy atom. The van der Waals surface area contributed by atoms with Gasteiger partial charge in [0.25, 0.3) is 0 Å². The van der Waals surface area contributed by atoms with E-state index in [2.05, 4.69) is 23.7 Å². The molecule has 2 aliphatic carbocycles. The molecule has 2 saturated carbocycles. The molecule has 0 aromatic rings. The largest absolute Gasteiger partial charge is 0.480 e. The third kappa shape index (κ3) is 8.22. The van der Waals surface area contributed by atoms with E-state index >= 15 is 0 Å². The predicted molar refractivity (Wildman–Crippen MR) is 126 cm³/mol. The van der Waals surface area contributed by atoms with Crippen molar-refractivity contribution in [1.29, 1.82) is 0 Å². The van der Waals surface area contributed by atoms with Crippen LogP contribution in [0, 0.1) is 52.8 Å². The Hall–Kier alpha value is -2.28. The first-order valence-corrected chi connectivity index (χ1v) is 11.9. The highest BCUT2D eigenvalue weighted by Crippen LogP contribution is 2.51. The van der Waals surface area contributed by atoms with Crippen molar-refractivity contribution >= 4 is 11.9 Å². The lowest BCUT2D eigenvalue weighted by molar-refractivity contribution is -0.159. The molecule has 2 rings (SSSR count). The van der Waals surface area contributed by atoms with Gasteiger partial charge < -0.3 is 19.7 Å². The number of esters is 1. The summed E-state index contributed by atoms with van der Waals surface area (Å²) in [5, 5.41) is 19.2. The van der Waals surface area contributed by atoms with Gasteiger partial charge in [0.05, 0.1) is 17.9 Å². The minimum atomic E-state index is -0.982. The Morgan fingerprint density at radius 2 is 1.97 bits per heavy atom. The minimum Gasteiger partial charge on any atom is -0.480 e. The standard InChI is InChI=1S/C27H38O6/c1-6-7-8-9-18(2)23(28)11-10-21-22-15-19(12-13-32-17-25(29)30)14-20(22)16-24(21)33-26(31)27(3,4)5/h12,18,20-24,28H,6,9,13-17H2,1-5H3,(H,29,30)/b19-12+/t18-,20-,21+,22-,23+,24+/m0/s1. The molecule has 0 aromatic heterocycles. The van der Waals surface area contributed by atoms with E-state index in [4.69, 9.17) is 14.6 Å². The van der Waals surface area contributed by atoms with Crippen molar-refractivity contribution in [2.75, 3.05) is 13.2 Å². The van der Waals surface area contributed by atoms with Crippen molar-refractivity contribution in [2.24, 2.45) is 29.1 Å². The van der Waals surface area contributed by atoms with E-state index in [-0.39, 0.29) is 43.0 Å². The lowest BCUT2D eigenvalue weighted by Gasteiger charge is -2.24. The van der Waals surface area contributed by atoms with E-state index in [1.54, 1.807) is 0 Å². The molecule has 0 bridgehead atoms. The summed E-state index contributed by atoms with van der Waals surface area (Å²) in [6, 6.07) is 0. The number of ether oxygens (including phenoxy) is 2. The maximum atomic E-state index is 12.6. The number of allylic oxidation sites excluding steroid dienone is 1. The first kappa shape index (κ1) is 27.0. The van der Waals surface area contributed by atoms with Gasteiger partial charge in [0.2, 0.25) is 0 Å². The maximum Gasteiger partial charge on any atom is 0.329 e. The number of hydrogen-bond donors (Lipinski definition) is 2. The molecule has 0 aliphatic heterocycles. The van der Waals surface area contributed by atoms with Crippen molar-refractivity contribution in [2.45, 2.75) is 78.9 Å². The summed E-state index contributed by atoms with van der Waals surface area (Å²) in [6.07, 6.45) is 4.70. The zero-order valence-electron chi connectivity index (χ0n) is 20.5. The summed E-state index contributed by atoms with van der Waals surface area (Å²) in [7, 11) is 0. The lowest BCUT2D eigenvalue weighted by atomic mass is 9.90.